The van der Waals surface area contributed by atoms with E-state index in [9.17, 15) is 12.8 Å². The Bertz CT molecular complexity index is 1280. The Morgan fingerprint density at radius 2 is 1.94 bits per heavy atom. The molecule has 3 atom stereocenters. The van der Waals surface area contributed by atoms with Crippen LogP contribution in [0.25, 0.3) is 0 Å². The number of anilines is 1. The van der Waals surface area contributed by atoms with Gasteiger partial charge in [-0.2, -0.15) is 0 Å². The summed E-state index contributed by atoms with van der Waals surface area (Å²) in [6, 6.07) is 10.8. The van der Waals surface area contributed by atoms with Gasteiger partial charge < -0.3 is 4.74 Å². The van der Waals surface area contributed by atoms with Gasteiger partial charge in [-0.25, -0.2) is 17.8 Å². The number of thiazole rings is 1. The van der Waals surface area contributed by atoms with Gasteiger partial charge in [0, 0.05) is 41.3 Å². The van der Waals surface area contributed by atoms with Gasteiger partial charge in [-0.15, -0.1) is 11.3 Å². The molecule has 180 valence electrons. The molecule has 2 aliphatic rings. The number of sulfonamides is 1. The molecular weight excluding hydrogens is 520 g/mol. The monoisotopic (exact) mass is 541 g/mol. The van der Waals surface area contributed by atoms with Crippen molar-refractivity contribution in [3.05, 3.63) is 69.4 Å². The third kappa shape index (κ3) is 5.04. The number of nitrogens with one attached hydrogen (secondary N) is 1. The molecule has 1 aromatic heterocycles. The highest BCUT2D eigenvalue weighted by molar-refractivity contribution is 7.93. The lowest BCUT2D eigenvalue weighted by molar-refractivity contribution is 0.0444. The van der Waals surface area contributed by atoms with Crippen molar-refractivity contribution in [3.8, 4) is 5.75 Å². The molecule has 3 aromatic rings. The van der Waals surface area contributed by atoms with Gasteiger partial charge in [-0.05, 0) is 49.4 Å². The lowest BCUT2D eigenvalue weighted by Crippen LogP contribution is -2.45. The molecule has 1 N–H and O–H groups in total. The molecule has 0 aliphatic carbocycles. The molecule has 11 heteroatoms. The Morgan fingerprint density at radius 1 is 1.18 bits per heavy atom. The van der Waals surface area contributed by atoms with Crippen LogP contribution in [-0.4, -0.2) is 36.5 Å². The minimum atomic E-state index is -4.17. The fourth-order valence-electron chi connectivity index (χ4n) is 4.85. The molecule has 34 heavy (non-hydrogen) atoms. The Morgan fingerprint density at radius 3 is 2.62 bits per heavy atom. The molecule has 6 nitrogen and oxygen atoms in total. The number of piperidine rings is 1. The summed E-state index contributed by atoms with van der Waals surface area (Å²) in [4.78, 5) is 5.82. The zero-order valence-electron chi connectivity index (χ0n) is 18.0. The number of fused-ring (bicyclic) bond motifs is 2. The van der Waals surface area contributed by atoms with Crippen LogP contribution in [0.1, 0.15) is 31.2 Å². The summed E-state index contributed by atoms with van der Waals surface area (Å²) in [5.74, 6) is -0.773. The predicted molar refractivity (Wildman–Crippen MR) is 132 cm³/mol. The van der Waals surface area contributed by atoms with Crippen LogP contribution in [0, 0.1) is 5.82 Å². The molecule has 1 unspecified atom stereocenters. The summed E-state index contributed by atoms with van der Waals surface area (Å²) in [5.41, 5.74) is 1.18. The van der Waals surface area contributed by atoms with Crippen molar-refractivity contribution in [3.63, 3.8) is 0 Å². The third-order valence-electron chi connectivity index (χ3n) is 6.32. The molecule has 0 spiro atoms. The minimum Gasteiger partial charge on any atom is -0.489 e. The zero-order valence-corrected chi connectivity index (χ0v) is 21.1. The van der Waals surface area contributed by atoms with E-state index in [1.165, 1.54) is 11.8 Å². The van der Waals surface area contributed by atoms with Gasteiger partial charge in [0.15, 0.2) is 5.13 Å². The summed E-state index contributed by atoms with van der Waals surface area (Å²) in [6.07, 6.45) is 5.07. The lowest BCUT2D eigenvalue weighted by Gasteiger charge is -2.39. The van der Waals surface area contributed by atoms with Crippen LogP contribution in [0.3, 0.4) is 0 Å². The predicted octanol–water partition coefficient (Wildman–Crippen LogP) is 5.96. The van der Waals surface area contributed by atoms with E-state index < -0.39 is 20.7 Å². The first-order valence-corrected chi connectivity index (χ1v) is 14.0. The highest BCUT2D eigenvalue weighted by Crippen LogP contribution is 2.40. The average molecular weight is 542 g/mol. The Kier molecular flexibility index (Phi) is 6.74. The van der Waals surface area contributed by atoms with E-state index >= 15 is 0 Å². The number of benzene rings is 2. The number of aromatic nitrogens is 1. The molecule has 0 saturated carbocycles. The van der Waals surface area contributed by atoms with Crippen LogP contribution in [-0.2, 0) is 16.6 Å². The summed E-state index contributed by atoms with van der Waals surface area (Å²) in [5, 5.41) is 2.54. The molecule has 3 heterocycles. The first-order chi connectivity index (χ1) is 16.3. The maximum Gasteiger partial charge on any atom is 0.266 e. The summed E-state index contributed by atoms with van der Waals surface area (Å²) in [7, 11) is -4.17. The van der Waals surface area contributed by atoms with Crippen LogP contribution in [0.15, 0.2) is 52.9 Å². The fraction of sp³-hybridized carbons (Fsp3) is 0.348. The largest absolute Gasteiger partial charge is 0.489 e. The minimum absolute atomic E-state index is 0.0506. The van der Waals surface area contributed by atoms with Crippen LogP contribution in [0.5, 0.6) is 5.75 Å². The van der Waals surface area contributed by atoms with E-state index in [0.29, 0.717) is 12.1 Å². The number of hydrogen-bond donors (Lipinski definition) is 1. The number of nitrogens with zero attached hydrogens (tertiary/aromatic N) is 2. The van der Waals surface area contributed by atoms with Crippen molar-refractivity contribution in [1.29, 1.82) is 0 Å². The Hall–Kier alpha value is -1.91. The van der Waals surface area contributed by atoms with Crippen molar-refractivity contribution in [2.75, 3.05) is 4.72 Å². The number of ether oxygens (including phenoxy) is 1. The van der Waals surface area contributed by atoms with Crippen molar-refractivity contribution < 1.29 is 17.5 Å². The van der Waals surface area contributed by atoms with E-state index in [4.69, 9.17) is 27.9 Å². The molecule has 5 rings (SSSR count). The molecule has 0 amide bonds. The number of rotatable bonds is 7. The second-order valence-electron chi connectivity index (χ2n) is 8.55. The molecule has 2 bridgehead atoms. The standard InChI is InChI=1S/C23H22Cl2FN3O3S2/c24-15-3-1-2-14(8-15)13-29-16-4-5-17(29)10-18(9-16)32-21-12-20(26)22(11-19(21)25)34(30,31)28-23-27-6-7-33-23/h1-3,6-8,11-12,16-18H,4-5,9-10,13H2,(H,27,28)/t16-,17+,18?. The van der Waals surface area contributed by atoms with Crippen LogP contribution >= 0.6 is 34.5 Å². The van der Waals surface area contributed by atoms with Gasteiger partial charge in [0.05, 0.1) is 5.02 Å². The first kappa shape index (κ1) is 23.8. The highest BCUT2D eigenvalue weighted by atomic mass is 35.5. The normalized spacial score (nSPS) is 22.6. The fourth-order valence-corrected chi connectivity index (χ4v) is 7.22. The molecule has 2 fully saturated rings. The Balaban J connectivity index is 1.28. The molecule has 2 aromatic carbocycles. The van der Waals surface area contributed by atoms with E-state index in [2.05, 4.69) is 20.7 Å². The maximum atomic E-state index is 14.8. The zero-order chi connectivity index (χ0) is 23.9. The summed E-state index contributed by atoms with van der Waals surface area (Å²) < 4.78 is 48.3. The van der Waals surface area contributed by atoms with Crippen LogP contribution in [0.4, 0.5) is 9.52 Å². The quantitative estimate of drug-likeness (QED) is 0.399. The van der Waals surface area contributed by atoms with E-state index in [1.54, 1.807) is 5.38 Å². The van der Waals surface area contributed by atoms with E-state index in [1.807, 2.05) is 18.2 Å². The van der Waals surface area contributed by atoms with Crippen molar-refractivity contribution >= 4 is 49.7 Å². The van der Waals surface area contributed by atoms with Gasteiger partial charge >= 0.3 is 0 Å². The second-order valence-corrected chi connectivity index (χ2v) is 11.9. The Labute approximate surface area is 211 Å². The van der Waals surface area contributed by atoms with Gasteiger partial charge in [-0.1, -0.05) is 35.3 Å². The van der Waals surface area contributed by atoms with Crippen molar-refractivity contribution in [1.82, 2.24) is 9.88 Å². The van der Waals surface area contributed by atoms with Gasteiger partial charge in [-0.3, -0.25) is 9.62 Å². The topological polar surface area (TPSA) is 71.5 Å². The molecule has 2 saturated heterocycles. The maximum absolute atomic E-state index is 14.8. The van der Waals surface area contributed by atoms with Gasteiger partial charge in [0.1, 0.15) is 22.6 Å². The molecule has 2 aliphatic heterocycles. The highest BCUT2D eigenvalue weighted by Gasteiger charge is 2.41. The van der Waals surface area contributed by atoms with Crippen LogP contribution < -0.4 is 9.46 Å². The van der Waals surface area contributed by atoms with Crippen molar-refractivity contribution in [2.45, 2.75) is 55.3 Å². The van der Waals surface area contributed by atoms with Gasteiger partial charge in [0.2, 0.25) is 0 Å². The van der Waals surface area contributed by atoms with E-state index in [-0.39, 0.29) is 22.0 Å². The average Bonchev–Trinajstić information content (AvgIpc) is 3.35. The number of hydrogen-bond acceptors (Lipinski definition) is 6. The second kappa shape index (κ2) is 9.62. The molecule has 0 radical (unpaired) electrons. The van der Waals surface area contributed by atoms with Crippen LogP contribution in [0.2, 0.25) is 10.0 Å². The van der Waals surface area contributed by atoms with E-state index in [0.717, 1.165) is 60.7 Å². The number of halogens is 3. The summed E-state index contributed by atoms with van der Waals surface area (Å²) >= 11 is 13.6. The van der Waals surface area contributed by atoms with Crippen molar-refractivity contribution in [2.24, 2.45) is 0 Å². The summed E-state index contributed by atoms with van der Waals surface area (Å²) in [6.45, 7) is 0.830. The molecular formula is C23H22Cl2FN3O3S2. The SMILES string of the molecule is O=S(=O)(Nc1nccs1)c1cc(Cl)c(OC2C[C@H]3CC[C@@H](C2)N3Cc2cccc(Cl)c2)cc1F. The lowest BCUT2D eigenvalue weighted by atomic mass is 9.98. The smallest absolute Gasteiger partial charge is 0.266 e. The third-order valence-corrected chi connectivity index (χ3v) is 9.02. The van der Waals surface area contributed by atoms with Gasteiger partial charge in [0.25, 0.3) is 10.0 Å². The first-order valence-electron chi connectivity index (χ1n) is 10.9.